The van der Waals surface area contributed by atoms with Crippen molar-refractivity contribution in [2.75, 3.05) is 7.11 Å². The van der Waals surface area contributed by atoms with E-state index in [0.29, 0.717) is 12.0 Å². The quantitative estimate of drug-likeness (QED) is 0.531. The molecule has 0 radical (unpaired) electrons. The van der Waals surface area contributed by atoms with Crippen LogP contribution in [0.2, 0.25) is 0 Å². The van der Waals surface area contributed by atoms with Crippen LogP contribution in [0.4, 0.5) is 0 Å². The second-order valence-electron chi connectivity index (χ2n) is 5.85. The molecule has 0 aliphatic heterocycles. The molecule has 0 bridgehead atoms. The molecule has 0 N–H and O–H groups in total. The number of hydrogen-bond donors (Lipinski definition) is 0. The van der Waals surface area contributed by atoms with Gasteiger partial charge in [0.15, 0.2) is 5.78 Å². The molecule has 0 amide bonds. The molecule has 1 rings (SSSR count). The summed E-state index contributed by atoms with van der Waals surface area (Å²) in [6, 6.07) is 7.22. The van der Waals surface area contributed by atoms with Crippen molar-refractivity contribution in [1.29, 1.82) is 0 Å². The van der Waals surface area contributed by atoms with Crippen molar-refractivity contribution >= 4 is 11.6 Å². The molecule has 0 spiro atoms. The minimum Gasteiger partial charge on any atom is -0.497 e. The molecular formula is C17H24O3. The molecular weight excluding hydrogens is 252 g/mol. The average molecular weight is 276 g/mol. The molecule has 1 aromatic carbocycles. The smallest absolute Gasteiger partial charge is 0.168 e. The molecule has 110 valence electrons. The molecule has 3 nitrogen and oxygen atoms in total. The molecule has 1 aromatic rings. The molecule has 20 heavy (non-hydrogen) atoms. The number of rotatable bonds is 8. The van der Waals surface area contributed by atoms with Crippen LogP contribution in [0.25, 0.3) is 0 Å². The predicted molar refractivity (Wildman–Crippen MR) is 80.3 cm³/mol. The maximum Gasteiger partial charge on any atom is 0.168 e. The number of carbonyl (C=O) groups excluding carboxylic acids is 2. The largest absolute Gasteiger partial charge is 0.497 e. The van der Waals surface area contributed by atoms with Crippen LogP contribution in [0, 0.1) is 5.41 Å². The van der Waals surface area contributed by atoms with Crippen LogP contribution >= 0.6 is 0 Å². The second kappa shape index (κ2) is 7.22. The molecule has 0 saturated carbocycles. The Labute approximate surface area is 121 Å². The maximum atomic E-state index is 12.5. The predicted octanol–water partition coefficient (Wildman–Crippen LogP) is 4.05. The molecule has 0 atom stereocenters. The number of ketones is 2. The molecule has 0 saturated heterocycles. The number of benzene rings is 1. The van der Waals surface area contributed by atoms with Gasteiger partial charge in [0.1, 0.15) is 11.5 Å². The van der Waals surface area contributed by atoms with E-state index in [1.165, 1.54) is 0 Å². The lowest BCUT2D eigenvalue weighted by atomic mass is 9.80. The third kappa shape index (κ3) is 4.80. The molecule has 0 unspecified atom stereocenters. The Bertz CT molecular complexity index is 458. The Morgan fingerprint density at radius 1 is 1.10 bits per heavy atom. The number of unbranched alkanes of at least 4 members (excludes halogenated alkanes) is 1. The van der Waals surface area contributed by atoms with E-state index in [1.54, 1.807) is 38.3 Å². The standard InChI is InChI=1S/C17H24O3/c1-13(18)7-5-6-12-17(2,3)16(19)14-8-10-15(20-4)11-9-14/h8-11H,5-7,12H2,1-4H3. The zero-order chi connectivity index (χ0) is 15.2. The van der Waals surface area contributed by atoms with Crippen molar-refractivity contribution < 1.29 is 14.3 Å². The maximum absolute atomic E-state index is 12.5. The fraction of sp³-hybridized carbons (Fsp3) is 0.529. The highest BCUT2D eigenvalue weighted by Gasteiger charge is 2.27. The lowest BCUT2D eigenvalue weighted by molar-refractivity contribution is -0.117. The van der Waals surface area contributed by atoms with Gasteiger partial charge in [0.05, 0.1) is 7.11 Å². The Kier molecular flexibility index (Phi) is 5.93. The summed E-state index contributed by atoms with van der Waals surface area (Å²) in [5.41, 5.74) is 0.313. The van der Waals surface area contributed by atoms with Gasteiger partial charge in [-0.25, -0.2) is 0 Å². The summed E-state index contributed by atoms with van der Waals surface area (Å²) >= 11 is 0. The van der Waals surface area contributed by atoms with Crippen LogP contribution in [-0.4, -0.2) is 18.7 Å². The van der Waals surface area contributed by atoms with Crippen LogP contribution in [-0.2, 0) is 4.79 Å². The molecule has 0 fully saturated rings. The van der Waals surface area contributed by atoms with E-state index in [1.807, 2.05) is 13.8 Å². The van der Waals surface area contributed by atoms with E-state index in [0.717, 1.165) is 25.0 Å². The number of ether oxygens (including phenoxy) is 1. The van der Waals surface area contributed by atoms with Gasteiger partial charge in [0.25, 0.3) is 0 Å². The first kappa shape index (κ1) is 16.4. The van der Waals surface area contributed by atoms with Crippen LogP contribution in [0.15, 0.2) is 24.3 Å². The average Bonchev–Trinajstić information content (AvgIpc) is 2.43. The first-order valence-corrected chi connectivity index (χ1v) is 7.05. The highest BCUT2D eigenvalue weighted by atomic mass is 16.5. The zero-order valence-electron chi connectivity index (χ0n) is 12.9. The molecule has 0 aliphatic rings. The molecule has 0 aliphatic carbocycles. The molecule has 0 heterocycles. The summed E-state index contributed by atoms with van der Waals surface area (Å²) in [5, 5.41) is 0. The lowest BCUT2D eigenvalue weighted by Crippen LogP contribution is -2.24. The van der Waals surface area contributed by atoms with Crippen molar-refractivity contribution in [1.82, 2.24) is 0 Å². The first-order chi connectivity index (χ1) is 9.36. The van der Waals surface area contributed by atoms with Gasteiger partial charge in [-0.2, -0.15) is 0 Å². The Morgan fingerprint density at radius 2 is 1.70 bits per heavy atom. The summed E-state index contributed by atoms with van der Waals surface area (Å²) in [6.07, 6.45) is 3.15. The SMILES string of the molecule is COc1ccc(C(=O)C(C)(C)CCCCC(C)=O)cc1. The van der Waals surface area contributed by atoms with Crippen molar-refractivity contribution in [2.24, 2.45) is 5.41 Å². The number of carbonyl (C=O) groups is 2. The number of hydrogen-bond acceptors (Lipinski definition) is 3. The van der Waals surface area contributed by atoms with E-state index in [4.69, 9.17) is 4.74 Å². The van der Waals surface area contributed by atoms with Gasteiger partial charge in [0, 0.05) is 17.4 Å². The van der Waals surface area contributed by atoms with E-state index in [9.17, 15) is 9.59 Å². The van der Waals surface area contributed by atoms with Gasteiger partial charge in [-0.15, -0.1) is 0 Å². The van der Waals surface area contributed by atoms with Crippen molar-refractivity contribution in [3.8, 4) is 5.75 Å². The van der Waals surface area contributed by atoms with E-state index < -0.39 is 5.41 Å². The van der Waals surface area contributed by atoms with E-state index in [2.05, 4.69) is 0 Å². The summed E-state index contributed by atoms with van der Waals surface area (Å²) in [6.45, 7) is 5.54. The zero-order valence-corrected chi connectivity index (χ0v) is 12.9. The van der Waals surface area contributed by atoms with Crippen LogP contribution in [0.1, 0.15) is 56.8 Å². The summed E-state index contributed by atoms with van der Waals surface area (Å²) < 4.78 is 5.09. The Balaban J connectivity index is 2.60. The topological polar surface area (TPSA) is 43.4 Å². The van der Waals surface area contributed by atoms with Crippen LogP contribution in [0.3, 0.4) is 0 Å². The fourth-order valence-corrected chi connectivity index (χ4v) is 2.19. The summed E-state index contributed by atoms with van der Waals surface area (Å²) in [7, 11) is 1.61. The van der Waals surface area contributed by atoms with Gasteiger partial charge in [-0.05, 0) is 44.0 Å². The Hall–Kier alpha value is -1.64. The summed E-state index contributed by atoms with van der Waals surface area (Å²) in [5.74, 6) is 1.10. The van der Waals surface area contributed by atoms with Gasteiger partial charge in [-0.3, -0.25) is 4.79 Å². The highest BCUT2D eigenvalue weighted by molar-refractivity contribution is 6.00. The van der Waals surface area contributed by atoms with Crippen molar-refractivity contribution in [3.05, 3.63) is 29.8 Å². The van der Waals surface area contributed by atoms with Crippen LogP contribution in [0.5, 0.6) is 5.75 Å². The third-order valence-electron chi connectivity index (χ3n) is 3.55. The highest BCUT2D eigenvalue weighted by Crippen LogP contribution is 2.29. The van der Waals surface area contributed by atoms with Gasteiger partial charge < -0.3 is 9.53 Å². The van der Waals surface area contributed by atoms with Gasteiger partial charge >= 0.3 is 0 Å². The van der Waals surface area contributed by atoms with Crippen molar-refractivity contribution in [2.45, 2.75) is 46.5 Å². The van der Waals surface area contributed by atoms with Crippen LogP contribution < -0.4 is 4.74 Å². The van der Waals surface area contributed by atoms with Gasteiger partial charge in [0.2, 0.25) is 0 Å². The van der Waals surface area contributed by atoms with Crippen molar-refractivity contribution in [3.63, 3.8) is 0 Å². The summed E-state index contributed by atoms with van der Waals surface area (Å²) in [4.78, 5) is 23.4. The monoisotopic (exact) mass is 276 g/mol. The molecule has 0 aromatic heterocycles. The second-order valence-corrected chi connectivity index (χ2v) is 5.85. The van der Waals surface area contributed by atoms with E-state index in [-0.39, 0.29) is 11.6 Å². The minimum absolute atomic E-state index is 0.142. The van der Waals surface area contributed by atoms with Gasteiger partial charge in [-0.1, -0.05) is 20.3 Å². The fourth-order valence-electron chi connectivity index (χ4n) is 2.19. The lowest BCUT2D eigenvalue weighted by Gasteiger charge is -2.23. The first-order valence-electron chi connectivity index (χ1n) is 7.05. The molecule has 3 heteroatoms. The van der Waals surface area contributed by atoms with E-state index >= 15 is 0 Å². The Morgan fingerprint density at radius 3 is 2.20 bits per heavy atom. The third-order valence-corrected chi connectivity index (χ3v) is 3.55. The minimum atomic E-state index is -0.397. The number of methoxy groups -OCH3 is 1. The normalized spacial score (nSPS) is 11.2. The number of Topliss-reactive ketones (excluding diaryl/α,β-unsaturated/α-hetero) is 2.